The molecule has 0 N–H and O–H groups in total. The molecule has 2 aromatic heterocycles. The second-order valence-corrected chi connectivity index (χ2v) is 4.22. The Morgan fingerprint density at radius 2 is 1.78 bits per heavy atom. The molecule has 0 aromatic carbocycles. The highest BCUT2D eigenvalue weighted by atomic mass is 19.4. The second-order valence-electron chi connectivity index (χ2n) is 4.22. The molecule has 0 radical (unpaired) electrons. The molecule has 0 aliphatic carbocycles. The maximum Gasteiger partial charge on any atom is 0.435 e. The Morgan fingerprint density at radius 3 is 2.33 bits per heavy atom. The fourth-order valence-electron chi connectivity index (χ4n) is 1.72. The zero-order valence-corrected chi connectivity index (χ0v) is 10.2. The molecular formula is C12H12F3N3. The maximum absolute atomic E-state index is 12.7. The smallest absolute Gasteiger partial charge is 0.261 e. The van der Waals surface area contributed by atoms with Crippen molar-refractivity contribution in [3.63, 3.8) is 0 Å². The summed E-state index contributed by atoms with van der Waals surface area (Å²) in [6.07, 6.45) is -1.43. The zero-order chi connectivity index (χ0) is 13.5. The van der Waals surface area contributed by atoms with Crippen molar-refractivity contribution in [1.29, 1.82) is 0 Å². The van der Waals surface area contributed by atoms with Crippen molar-refractivity contribution in [2.45, 2.75) is 26.9 Å². The standard InChI is InChI=1S/C12H12F3N3/c1-7-5-16-9(3)4-10(7)18-6-8(2)11(17-18)12(13,14)15/h4-6H,1-3H3. The highest BCUT2D eigenvalue weighted by Crippen LogP contribution is 2.31. The molecule has 0 unspecified atom stereocenters. The SMILES string of the molecule is Cc1cc(-n2cc(C)c(C(F)(F)F)n2)c(C)cn1. The Morgan fingerprint density at radius 1 is 1.11 bits per heavy atom. The van der Waals surface area contributed by atoms with Gasteiger partial charge < -0.3 is 0 Å². The van der Waals surface area contributed by atoms with Crippen molar-refractivity contribution in [3.05, 3.63) is 41.0 Å². The molecule has 0 spiro atoms. The van der Waals surface area contributed by atoms with Crippen molar-refractivity contribution in [1.82, 2.24) is 14.8 Å². The summed E-state index contributed by atoms with van der Waals surface area (Å²) in [6, 6.07) is 1.71. The molecule has 0 aliphatic heterocycles. The van der Waals surface area contributed by atoms with Gasteiger partial charge in [0, 0.05) is 18.1 Å². The first-order chi connectivity index (χ1) is 8.29. The van der Waals surface area contributed by atoms with E-state index in [4.69, 9.17) is 0 Å². The molecule has 0 fully saturated rings. The number of halogens is 3. The fraction of sp³-hybridized carbons (Fsp3) is 0.333. The van der Waals surface area contributed by atoms with Crippen LogP contribution >= 0.6 is 0 Å². The number of hydrogen-bond donors (Lipinski definition) is 0. The van der Waals surface area contributed by atoms with Crippen molar-refractivity contribution < 1.29 is 13.2 Å². The molecule has 18 heavy (non-hydrogen) atoms. The van der Waals surface area contributed by atoms with Gasteiger partial charge in [-0.25, -0.2) is 4.68 Å². The molecule has 3 nitrogen and oxygen atoms in total. The topological polar surface area (TPSA) is 30.7 Å². The average molecular weight is 255 g/mol. The van der Waals surface area contributed by atoms with E-state index in [0.717, 1.165) is 11.3 Å². The molecule has 0 aliphatic rings. The van der Waals surface area contributed by atoms with Crippen LogP contribution in [0.1, 0.15) is 22.5 Å². The Bertz CT molecular complexity index is 585. The number of hydrogen-bond acceptors (Lipinski definition) is 2. The van der Waals surface area contributed by atoms with Crippen LogP contribution in [0.25, 0.3) is 5.69 Å². The minimum absolute atomic E-state index is 0.108. The van der Waals surface area contributed by atoms with E-state index in [1.807, 2.05) is 0 Å². The number of nitrogens with zero attached hydrogens (tertiary/aromatic N) is 3. The Labute approximate surface area is 102 Å². The zero-order valence-electron chi connectivity index (χ0n) is 10.2. The van der Waals surface area contributed by atoms with E-state index in [-0.39, 0.29) is 5.56 Å². The minimum atomic E-state index is -4.43. The van der Waals surface area contributed by atoms with Gasteiger partial charge in [-0.05, 0) is 38.0 Å². The largest absolute Gasteiger partial charge is 0.435 e. The predicted octanol–water partition coefficient (Wildman–Crippen LogP) is 3.21. The average Bonchev–Trinajstić information content (AvgIpc) is 2.63. The summed E-state index contributed by atoms with van der Waals surface area (Å²) < 4.78 is 39.3. The maximum atomic E-state index is 12.7. The van der Waals surface area contributed by atoms with Gasteiger partial charge in [-0.2, -0.15) is 18.3 Å². The summed E-state index contributed by atoms with van der Waals surface area (Å²) in [6.45, 7) is 4.96. The van der Waals surface area contributed by atoms with Gasteiger partial charge in [-0.1, -0.05) is 0 Å². The van der Waals surface area contributed by atoms with E-state index in [1.165, 1.54) is 17.8 Å². The van der Waals surface area contributed by atoms with E-state index in [2.05, 4.69) is 10.1 Å². The number of aryl methyl sites for hydroxylation is 3. The third-order valence-corrected chi connectivity index (χ3v) is 2.62. The van der Waals surface area contributed by atoms with Crippen molar-refractivity contribution in [2.24, 2.45) is 0 Å². The van der Waals surface area contributed by atoms with Crippen LogP contribution in [0.5, 0.6) is 0 Å². The van der Waals surface area contributed by atoms with Gasteiger partial charge in [0.15, 0.2) is 5.69 Å². The van der Waals surface area contributed by atoms with Crippen molar-refractivity contribution in [2.75, 3.05) is 0 Å². The number of rotatable bonds is 1. The van der Waals surface area contributed by atoms with Gasteiger partial charge in [-0.3, -0.25) is 4.98 Å². The lowest BCUT2D eigenvalue weighted by Gasteiger charge is -2.06. The second kappa shape index (κ2) is 4.12. The molecule has 0 saturated carbocycles. The lowest BCUT2D eigenvalue weighted by atomic mass is 10.2. The molecule has 6 heteroatoms. The first-order valence-corrected chi connectivity index (χ1v) is 5.36. The summed E-state index contributed by atoms with van der Waals surface area (Å²) in [5.74, 6) is 0. The lowest BCUT2D eigenvalue weighted by molar-refractivity contribution is -0.141. The van der Waals surface area contributed by atoms with Gasteiger partial charge in [0.1, 0.15) is 0 Å². The quantitative estimate of drug-likeness (QED) is 0.783. The normalized spacial score (nSPS) is 11.9. The summed E-state index contributed by atoms with van der Waals surface area (Å²) in [5, 5.41) is 3.62. The third-order valence-electron chi connectivity index (χ3n) is 2.62. The van der Waals surface area contributed by atoms with E-state index in [9.17, 15) is 13.2 Å². The Hall–Kier alpha value is -1.85. The highest BCUT2D eigenvalue weighted by Gasteiger charge is 2.36. The van der Waals surface area contributed by atoms with Gasteiger partial charge in [0.05, 0.1) is 5.69 Å². The molecule has 0 saturated heterocycles. The van der Waals surface area contributed by atoms with Crippen molar-refractivity contribution in [3.8, 4) is 5.69 Å². The first-order valence-electron chi connectivity index (χ1n) is 5.36. The Balaban J connectivity index is 2.56. The summed E-state index contributed by atoms with van der Waals surface area (Å²) in [7, 11) is 0. The van der Waals surface area contributed by atoms with Gasteiger partial charge in [0.25, 0.3) is 0 Å². The van der Waals surface area contributed by atoms with E-state index >= 15 is 0 Å². The molecule has 96 valence electrons. The van der Waals surface area contributed by atoms with Gasteiger partial charge in [0.2, 0.25) is 0 Å². The van der Waals surface area contributed by atoms with E-state index in [1.54, 1.807) is 26.1 Å². The van der Waals surface area contributed by atoms with Crippen LogP contribution in [0.3, 0.4) is 0 Å². The van der Waals surface area contributed by atoms with E-state index in [0.29, 0.717) is 5.69 Å². The summed E-state index contributed by atoms with van der Waals surface area (Å²) in [5.41, 5.74) is 1.38. The lowest BCUT2D eigenvalue weighted by Crippen LogP contribution is -2.09. The van der Waals surface area contributed by atoms with Crippen LogP contribution in [-0.2, 0) is 6.18 Å². The molecule has 0 atom stereocenters. The third kappa shape index (κ3) is 2.23. The fourth-order valence-corrected chi connectivity index (χ4v) is 1.72. The number of alkyl halides is 3. The Kier molecular flexibility index (Phi) is 2.88. The van der Waals surface area contributed by atoms with Crippen LogP contribution in [0.15, 0.2) is 18.5 Å². The number of aromatic nitrogens is 3. The summed E-state index contributed by atoms with van der Waals surface area (Å²) >= 11 is 0. The highest BCUT2D eigenvalue weighted by molar-refractivity contribution is 5.40. The molecule has 0 bridgehead atoms. The van der Waals surface area contributed by atoms with Gasteiger partial charge >= 0.3 is 6.18 Å². The van der Waals surface area contributed by atoms with Crippen LogP contribution in [0.2, 0.25) is 0 Å². The minimum Gasteiger partial charge on any atom is -0.261 e. The van der Waals surface area contributed by atoms with Crippen LogP contribution in [-0.4, -0.2) is 14.8 Å². The molecule has 2 heterocycles. The van der Waals surface area contributed by atoms with Crippen LogP contribution < -0.4 is 0 Å². The molecular weight excluding hydrogens is 243 g/mol. The van der Waals surface area contributed by atoms with Crippen molar-refractivity contribution >= 4 is 0 Å². The summed E-state index contributed by atoms with van der Waals surface area (Å²) in [4.78, 5) is 4.08. The van der Waals surface area contributed by atoms with Crippen LogP contribution in [0, 0.1) is 20.8 Å². The molecule has 0 amide bonds. The monoisotopic (exact) mass is 255 g/mol. The number of pyridine rings is 1. The predicted molar refractivity (Wildman–Crippen MR) is 60.6 cm³/mol. The molecule has 2 rings (SSSR count). The van der Waals surface area contributed by atoms with E-state index < -0.39 is 11.9 Å². The molecule has 2 aromatic rings. The van der Waals surface area contributed by atoms with Gasteiger partial charge in [-0.15, -0.1) is 0 Å². The first kappa shape index (κ1) is 12.6. The van der Waals surface area contributed by atoms with Crippen LogP contribution in [0.4, 0.5) is 13.2 Å².